The number of benzene rings is 1. The Kier molecular flexibility index (Phi) is 4.04. The Morgan fingerprint density at radius 3 is 2.81 bits per heavy atom. The van der Waals surface area contributed by atoms with E-state index in [2.05, 4.69) is 30.7 Å². The number of fused-ring (bicyclic) bond motifs is 2. The fraction of sp³-hybridized carbons (Fsp3) is 0.235. The minimum atomic E-state index is -0.474. The van der Waals surface area contributed by atoms with Crippen molar-refractivity contribution in [3.05, 3.63) is 56.1 Å². The number of amides is 1. The van der Waals surface area contributed by atoms with Gasteiger partial charge in [0.2, 0.25) is 11.9 Å². The second kappa shape index (κ2) is 6.28. The molecule has 0 saturated carbocycles. The topological polar surface area (TPSA) is 77.4 Å². The molecule has 2 aromatic heterocycles. The van der Waals surface area contributed by atoms with Crippen molar-refractivity contribution in [3.8, 4) is 0 Å². The first kappa shape index (κ1) is 17.4. The van der Waals surface area contributed by atoms with E-state index in [0.717, 1.165) is 0 Å². The number of hydrogen-bond donors (Lipinski definition) is 0. The van der Waals surface area contributed by atoms with E-state index < -0.39 is 11.4 Å². The molecule has 0 atom stereocenters. The highest BCUT2D eigenvalue weighted by Crippen LogP contribution is 2.27. The van der Waals surface area contributed by atoms with Crippen LogP contribution in [0.15, 0.2) is 27.7 Å². The lowest BCUT2D eigenvalue weighted by molar-refractivity contribution is -0.118. The highest BCUT2D eigenvalue weighted by molar-refractivity contribution is 9.10. The van der Waals surface area contributed by atoms with Gasteiger partial charge in [-0.25, -0.2) is 14.2 Å². The Morgan fingerprint density at radius 1 is 1.33 bits per heavy atom. The first-order chi connectivity index (χ1) is 12.9. The summed E-state index contributed by atoms with van der Waals surface area (Å²) >= 11 is 3.31. The van der Waals surface area contributed by atoms with Crippen LogP contribution in [0, 0.1) is 12.4 Å². The van der Waals surface area contributed by atoms with Crippen LogP contribution in [-0.4, -0.2) is 31.6 Å². The third-order valence-corrected chi connectivity index (χ3v) is 5.05. The standard InChI is InChI=1S/C17H12BrFN6O2/c1-3-23-12(26)8-25-15(27)13-14(22-17(23)25)21-16(18)24(13)7-9-6-10(19)4-5-11(9)20-2/h4-6H,3,7-8H2,1H3. The Bertz CT molecular complexity index is 1210. The van der Waals surface area contributed by atoms with Crippen LogP contribution in [0.2, 0.25) is 0 Å². The van der Waals surface area contributed by atoms with Crippen molar-refractivity contribution in [2.45, 2.75) is 20.0 Å². The number of halogens is 2. The molecule has 27 heavy (non-hydrogen) atoms. The van der Waals surface area contributed by atoms with Crippen LogP contribution in [0.4, 0.5) is 16.0 Å². The third kappa shape index (κ3) is 2.62. The summed E-state index contributed by atoms with van der Waals surface area (Å²) in [4.78, 5) is 38.6. The predicted molar refractivity (Wildman–Crippen MR) is 99.3 cm³/mol. The Labute approximate surface area is 160 Å². The van der Waals surface area contributed by atoms with Gasteiger partial charge in [0.1, 0.15) is 12.4 Å². The van der Waals surface area contributed by atoms with Gasteiger partial charge >= 0.3 is 0 Å². The number of anilines is 1. The van der Waals surface area contributed by atoms with Crippen LogP contribution in [0.1, 0.15) is 12.5 Å². The van der Waals surface area contributed by atoms with Gasteiger partial charge < -0.3 is 4.57 Å². The van der Waals surface area contributed by atoms with E-state index in [1.54, 1.807) is 6.92 Å². The molecule has 0 unspecified atom stereocenters. The zero-order valence-electron chi connectivity index (χ0n) is 14.1. The van der Waals surface area contributed by atoms with E-state index >= 15 is 0 Å². The zero-order chi connectivity index (χ0) is 19.3. The van der Waals surface area contributed by atoms with Gasteiger partial charge in [0, 0.05) is 13.1 Å². The van der Waals surface area contributed by atoms with Crippen molar-refractivity contribution in [3.63, 3.8) is 0 Å². The van der Waals surface area contributed by atoms with Gasteiger partial charge in [-0.1, -0.05) is 6.07 Å². The van der Waals surface area contributed by atoms with Crippen molar-refractivity contribution < 1.29 is 9.18 Å². The van der Waals surface area contributed by atoms with Crippen molar-refractivity contribution in [2.24, 2.45) is 0 Å². The van der Waals surface area contributed by atoms with Crippen molar-refractivity contribution >= 4 is 44.6 Å². The highest BCUT2D eigenvalue weighted by Gasteiger charge is 2.31. The minimum Gasteiger partial charge on any atom is -0.309 e. The number of nitrogens with zero attached hydrogens (tertiary/aromatic N) is 6. The molecule has 1 aromatic carbocycles. The second-order valence-electron chi connectivity index (χ2n) is 5.97. The Balaban J connectivity index is 1.92. The van der Waals surface area contributed by atoms with Gasteiger partial charge in [-0.05, 0) is 40.5 Å². The molecule has 4 rings (SSSR count). The summed E-state index contributed by atoms with van der Waals surface area (Å²) in [7, 11) is 0. The molecule has 0 bridgehead atoms. The smallest absolute Gasteiger partial charge is 0.281 e. The van der Waals surface area contributed by atoms with Gasteiger partial charge in [0.25, 0.3) is 5.56 Å². The fourth-order valence-electron chi connectivity index (χ4n) is 3.18. The summed E-state index contributed by atoms with van der Waals surface area (Å²) in [5.41, 5.74) is 0.676. The largest absolute Gasteiger partial charge is 0.309 e. The molecule has 1 aliphatic heterocycles. The van der Waals surface area contributed by atoms with E-state index in [1.807, 2.05) is 0 Å². The first-order valence-electron chi connectivity index (χ1n) is 8.07. The summed E-state index contributed by atoms with van der Waals surface area (Å²) in [6.07, 6.45) is 0. The molecule has 0 aliphatic carbocycles. The van der Waals surface area contributed by atoms with Crippen LogP contribution in [0.3, 0.4) is 0 Å². The molecule has 0 radical (unpaired) electrons. The lowest BCUT2D eigenvalue weighted by Crippen LogP contribution is -2.26. The first-order valence-corrected chi connectivity index (χ1v) is 8.86. The number of likely N-dealkylation sites (N-methyl/N-ethyl adjacent to an activating group) is 1. The minimum absolute atomic E-state index is 0.0638. The van der Waals surface area contributed by atoms with Crippen LogP contribution in [0.25, 0.3) is 16.0 Å². The van der Waals surface area contributed by atoms with Crippen molar-refractivity contribution in [2.75, 3.05) is 11.4 Å². The average molecular weight is 431 g/mol. The molecule has 3 heterocycles. The SMILES string of the molecule is [C-]#[N+]c1ccc(F)cc1Cn1c(Br)nc2nc3n(c(=O)c21)CC(=O)N3CC. The van der Waals surface area contributed by atoms with E-state index in [1.165, 1.54) is 32.2 Å². The molecule has 1 aliphatic rings. The monoisotopic (exact) mass is 430 g/mol. The van der Waals surface area contributed by atoms with Gasteiger partial charge in [0.05, 0.1) is 6.57 Å². The van der Waals surface area contributed by atoms with Crippen molar-refractivity contribution in [1.82, 2.24) is 19.1 Å². The number of rotatable bonds is 3. The average Bonchev–Trinajstić information content (AvgIpc) is 3.12. The van der Waals surface area contributed by atoms with E-state index in [-0.39, 0.29) is 41.8 Å². The van der Waals surface area contributed by atoms with E-state index in [0.29, 0.717) is 16.8 Å². The number of carbonyl (C=O) groups excluding carboxylic acids is 1. The number of carbonyl (C=O) groups is 1. The van der Waals surface area contributed by atoms with Crippen LogP contribution in [0.5, 0.6) is 0 Å². The maximum absolute atomic E-state index is 13.7. The molecule has 10 heteroatoms. The summed E-state index contributed by atoms with van der Waals surface area (Å²) < 4.78 is 16.8. The molecule has 0 N–H and O–H groups in total. The molecule has 8 nitrogen and oxygen atoms in total. The maximum atomic E-state index is 13.7. The molecule has 0 saturated heterocycles. The van der Waals surface area contributed by atoms with E-state index in [9.17, 15) is 14.0 Å². The predicted octanol–water partition coefficient (Wildman–Crippen LogP) is 2.46. The lowest BCUT2D eigenvalue weighted by Gasteiger charge is -2.12. The highest BCUT2D eigenvalue weighted by atomic mass is 79.9. The zero-order valence-corrected chi connectivity index (χ0v) is 15.7. The molecular weight excluding hydrogens is 419 g/mol. The Hall–Kier alpha value is -3.06. The molecule has 136 valence electrons. The summed E-state index contributed by atoms with van der Waals surface area (Å²) in [5.74, 6) is -0.414. The third-order valence-electron chi connectivity index (χ3n) is 4.44. The summed E-state index contributed by atoms with van der Waals surface area (Å²) in [5, 5.41) is 0. The Morgan fingerprint density at radius 2 is 2.11 bits per heavy atom. The van der Waals surface area contributed by atoms with Crippen molar-refractivity contribution in [1.29, 1.82) is 0 Å². The van der Waals surface area contributed by atoms with Gasteiger partial charge in [-0.3, -0.25) is 19.1 Å². The molecule has 0 fully saturated rings. The normalized spacial score (nSPS) is 13.3. The molecule has 0 spiro atoms. The second-order valence-corrected chi connectivity index (χ2v) is 6.67. The summed E-state index contributed by atoms with van der Waals surface area (Å²) in [6, 6.07) is 3.86. The lowest BCUT2D eigenvalue weighted by atomic mass is 10.1. The molecular formula is C17H12BrFN6O2. The number of aromatic nitrogens is 4. The van der Waals surface area contributed by atoms with Gasteiger partial charge in [0.15, 0.2) is 21.6 Å². The maximum Gasteiger partial charge on any atom is 0.281 e. The van der Waals surface area contributed by atoms with E-state index in [4.69, 9.17) is 6.57 Å². The molecule has 1 amide bonds. The summed E-state index contributed by atoms with van der Waals surface area (Å²) in [6.45, 7) is 9.43. The van der Waals surface area contributed by atoms with Crippen LogP contribution >= 0.6 is 15.9 Å². The van der Waals surface area contributed by atoms with Crippen LogP contribution in [-0.2, 0) is 17.9 Å². The molecule has 3 aromatic rings. The van der Waals surface area contributed by atoms with Gasteiger partial charge in [-0.15, -0.1) is 0 Å². The number of hydrogen-bond acceptors (Lipinski definition) is 4. The fourth-order valence-corrected chi connectivity index (χ4v) is 3.65. The van der Waals surface area contributed by atoms with Crippen LogP contribution < -0.4 is 10.5 Å². The quantitative estimate of drug-likeness (QED) is 0.472. The number of imidazole rings is 1. The van der Waals surface area contributed by atoms with Gasteiger partial charge in [-0.2, -0.15) is 4.98 Å².